The number of rotatable bonds is 3. The minimum atomic E-state index is -0.238. The molecule has 0 aliphatic carbocycles. The van der Waals surface area contributed by atoms with Crippen LogP contribution in [-0.2, 0) is 4.79 Å². The zero-order chi connectivity index (χ0) is 14.7. The maximum absolute atomic E-state index is 13.0. The highest BCUT2D eigenvalue weighted by atomic mass is 35.5. The number of hydrogen-bond donors (Lipinski definition) is 1. The van der Waals surface area contributed by atoms with E-state index in [1.807, 2.05) is 65.6 Å². The first kappa shape index (κ1) is 16.5. The molecule has 1 heterocycles. The first-order chi connectivity index (χ1) is 10.3. The zero-order valence-electron chi connectivity index (χ0n) is 12.4. The van der Waals surface area contributed by atoms with E-state index in [-0.39, 0.29) is 30.3 Å². The highest BCUT2D eigenvalue weighted by Crippen LogP contribution is 2.28. The van der Waals surface area contributed by atoms with Crippen LogP contribution in [0.3, 0.4) is 0 Å². The molecule has 0 bridgehead atoms. The molecule has 0 aromatic heterocycles. The lowest BCUT2D eigenvalue weighted by Crippen LogP contribution is -2.35. The third-order valence-electron chi connectivity index (χ3n) is 4.05. The van der Waals surface area contributed by atoms with E-state index in [2.05, 4.69) is 0 Å². The molecule has 0 radical (unpaired) electrons. The van der Waals surface area contributed by atoms with Gasteiger partial charge in [0.15, 0.2) is 0 Å². The van der Waals surface area contributed by atoms with E-state index in [4.69, 9.17) is 5.73 Å². The number of carbonyl (C=O) groups is 1. The molecule has 0 unspecified atom stereocenters. The monoisotopic (exact) mass is 316 g/mol. The van der Waals surface area contributed by atoms with Gasteiger partial charge in [-0.2, -0.15) is 0 Å². The number of halogens is 1. The first-order valence-corrected chi connectivity index (χ1v) is 7.40. The highest BCUT2D eigenvalue weighted by Gasteiger charge is 2.31. The van der Waals surface area contributed by atoms with Crippen molar-refractivity contribution in [1.29, 1.82) is 0 Å². The van der Waals surface area contributed by atoms with E-state index >= 15 is 0 Å². The van der Waals surface area contributed by atoms with Crippen LogP contribution < -0.4 is 5.73 Å². The summed E-state index contributed by atoms with van der Waals surface area (Å²) in [5.74, 6) is -0.0851. The second-order valence-corrected chi connectivity index (χ2v) is 5.59. The van der Waals surface area contributed by atoms with Crippen LogP contribution in [-0.4, -0.2) is 29.9 Å². The third kappa shape index (κ3) is 3.49. The molecule has 1 saturated heterocycles. The molecule has 2 aromatic rings. The number of likely N-dealkylation sites (tertiary alicyclic amines) is 1. The molecule has 1 aliphatic rings. The number of nitrogens with zero attached hydrogens (tertiary/aromatic N) is 1. The molecule has 22 heavy (non-hydrogen) atoms. The summed E-state index contributed by atoms with van der Waals surface area (Å²) in [6.45, 7) is 1.42. The van der Waals surface area contributed by atoms with E-state index in [9.17, 15) is 4.79 Å². The summed E-state index contributed by atoms with van der Waals surface area (Å²) in [6.07, 6.45) is 0.891. The van der Waals surface area contributed by atoms with Crippen molar-refractivity contribution in [3.63, 3.8) is 0 Å². The fraction of sp³-hybridized carbons (Fsp3) is 0.278. The molecular weight excluding hydrogens is 296 g/mol. The minimum absolute atomic E-state index is 0. The van der Waals surface area contributed by atoms with Gasteiger partial charge in [-0.1, -0.05) is 60.7 Å². The van der Waals surface area contributed by atoms with Crippen molar-refractivity contribution < 1.29 is 4.79 Å². The van der Waals surface area contributed by atoms with Gasteiger partial charge in [-0.15, -0.1) is 12.4 Å². The fourth-order valence-corrected chi connectivity index (χ4v) is 2.94. The van der Waals surface area contributed by atoms with E-state index in [1.165, 1.54) is 0 Å². The molecule has 1 amide bonds. The van der Waals surface area contributed by atoms with Crippen molar-refractivity contribution in [2.24, 2.45) is 5.73 Å². The topological polar surface area (TPSA) is 46.3 Å². The number of nitrogens with two attached hydrogens (primary N) is 1. The van der Waals surface area contributed by atoms with Gasteiger partial charge in [0, 0.05) is 19.1 Å². The normalized spacial score (nSPS) is 17.4. The Hall–Kier alpha value is -1.84. The molecule has 3 rings (SSSR count). The second kappa shape index (κ2) is 7.43. The lowest BCUT2D eigenvalue weighted by atomic mass is 9.90. The van der Waals surface area contributed by atoms with Gasteiger partial charge in [-0.05, 0) is 17.5 Å². The third-order valence-corrected chi connectivity index (χ3v) is 4.05. The average molecular weight is 317 g/mol. The van der Waals surface area contributed by atoms with E-state index in [0.717, 1.165) is 24.1 Å². The molecule has 1 fully saturated rings. The van der Waals surface area contributed by atoms with Crippen LogP contribution in [0.2, 0.25) is 0 Å². The van der Waals surface area contributed by atoms with Crippen LogP contribution in [0.4, 0.5) is 0 Å². The number of amides is 1. The maximum Gasteiger partial charge on any atom is 0.234 e. The Balaban J connectivity index is 0.00000176. The number of hydrogen-bond acceptors (Lipinski definition) is 2. The Morgan fingerprint density at radius 1 is 1.00 bits per heavy atom. The predicted molar refractivity (Wildman–Crippen MR) is 91.1 cm³/mol. The summed E-state index contributed by atoms with van der Waals surface area (Å²) in [5, 5.41) is 0. The molecule has 116 valence electrons. The first-order valence-electron chi connectivity index (χ1n) is 7.40. The smallest absolute Gasteiger partial charge is 0.234 e. The minimum Gasteiger partial charge on any atom is -0.340 e. The van der Waals surface area contributed by atoms with Crippen molar-refractivity contribution in [3.8, 4) is 0 Å². The molecule has 1 aliphatic heterocycles. The lowest BCUT2D eigenvalue weighted by Gasteiger charge is -2.24. The number of benzene rings is 2. The van der Waals surface area contributed by atoms with Crippen molar-refractivity contribution in [2.45, 2.75) is 18.4 Å². The van der Waals surface area contributed by atoms with Gasteiger partial charge in [0.05, 0.1) is 5.92 Å². The van der Waals surface area contributed by atoms with Crippen molar-refractivity contribution in [1.82, 2.24) is 4.90 Å². The molecule has 1 atom stereocenters. The Morgan fingerprint density at radius 3 is 1.91 bits per heavy atom. The Kier molecular flexibility index (Phi) is 5.58. The van der Waals surface area contributed by atoms with Gasteiger partial charge in [0.2, 0.25) is 5.91 Å². The van der Waals surface area contributed by atoms with Crippen molar-refractivity contribution in [3.05, 3.63) is 71.8 Å². The van der Waals surface area contributed by atoms with Gasteiger partial charge in [-0.25, -0.2) is 0 Å². The van der Waals surface area contributed by atoms with E-state index in [1.54, 1.807) is 0 Å². The Labute approximate surface area is 137 Å². The highest BCUT2D eigenvalue weighted by molar-refractivity contribution is 5.87. The van der Waals surface area contributed by atoms with Crippen LogP contribution in [0.1, 0.15) is 23.5 Å². The van der Waals surface area contributed by atoms with E-state index in [0.29, 0.717) is 6.54 Å². The van der Waals surface area contributed by atoms with Crippen molar-refractivity contribution >= 4 is 18.3 Å². The SMILES string of the molecule is Cl.N[C@@H]1CCN(C(=O)C(c2ccccc2)c2ccccc2)C1. The van der Waals surface area contributed by atoms with Crippen LogP contribution in [0.25, 0.3) is 0 Å². The second-order valence-electron chi connectivity index (χ2n) is 5.59. The molecular formula is C18H21ClN2O. The van der Waals surface area contributed by atoms with Crippen molar-refractivity contribution in [2.75, 3.05) is 13.1 Å². The summed E-state index contributed by atoms with van der Waals surface area (Å²) in [5.41, 5.74) is 8.02. The Bertz CT molecular complexity index is 563. The fourth-order valence-electron chi connectivity index (χ4n) is 2.94. The molecule has 2 aromatic carbocycles. The van der Waals surface area contributed by atoms with Gasteiger partial charge in [-0.3, -0.25) is 4.79 Å². The summed E-state index contributed by atoms with van der Waals surface area (Å²) in [6, 6.07) is 20.1. The molecule has 2 N–H and O–H groups in total. The molecule has 3 nitrogen and oxygen atoms in total. The van der Waals surface area contributed by atoms with Crippen LogP contribution in [0, 0.1) is 0 Å². The molecule has 4 heteroatoms. The van der Waals surface area contributed by atoms with Gasteiger partial charge in [0.25, 0.3) is 0 Å². The van der Waals surface area contributed by atoms with Gasteiger partial charge < -0.3 is 10.6 Å². The lowest BCUT2D eigenvalue weighted by molar-refractivity contribution is -0.130. The summed E-state index contributed by atoms with van der Waals surface area (Å²) in [7, 11) is 0. The summed E-state index contributed by atoms with van der Waals surface area (Å²) in [4.78, 5) is 14.9. The van der Waals surface area contributed by atoms with Crippen LogP contribution >= 0.6 is 12.4 Å². The van der Waals surface area contributed by atoms with Crippen LogP contribution in [0.5, 0.6) is 0 Å². The molecule has 0 saturated carbocycles. The zero-order valence-corrected chi connectivity index (χ0v) is 13.2. The average Bonchev–Trinajstić information content (AvgIpc) is 2.96. The van der Waals surface area contributed by atoms with Crippen LogP contribution in [0.15, 0.2) is 60.7 Å². The molecule has 0 spiro atoms. The largest absolute Gasteiger partial charge is 0.340 e. The number of carbonyl (C=O) groups excluding carboxylic acids is 1. The van der Waals surface area contributed by atoms with E-state index < -0.39 is 0 Å². The Morgan fingerprint density at radius 2 is 1.50 bits per heavy atom. The summed E-state index contributed by atoms with van der Waals surface area (Å²) >= 11 is 0. The maximum atomic E-state index is 13.0. The predicted octanol–water partition coefficient (Wildman–Crippen LogP) is 2.80. The quantitative estimate of drug-likeness (QED) is 0.946. The summed E-state index contributed by atoms with van der Waals surface area (Å²) < 4.78 is 0. The van der Waals surface area contributed by atoms with Gasteiger partial charge in [0.1, 0.15) is 0 Å². The van der Waals surface area contributed by atoms with Gasteiger partial charge >= 0.3 is 0 Å². The standard InChI is InChI=1S/C18H20N2O.ClH/c19-16-11-12-20(13-16)18(21)17(14-7-3-1-4-8-14)15-9-5-2-6-10-15;/h1-10,16-17H,11-13,19H2;1H/t16-;/m1./s1.